The van der Waals surface area contributed by atoms with Crippen LogP contribution >= 0.6 is 24.0 Å². The van der Waals surface area contributed by atoms with Crippen molar-refractivity contribution in [3.8, 4) is 0 Å². The average Bonchev–Trinajstić information content (AvgIpc) is 2.44. The van der Waals surface area contributed by atoms with Crippen LogP contribution in [0.4, 0.5) is 0 Å². The maximum atomic E-state index is 5.31. The second-order valence-electron chi connectivity index (χ2n) is 6.05. The summed E-state index contributed by atoms with van der Waals surface area (Å²) in [7, 11) is 4.17. The number of hydrogen-bond acceptors (Lipinski definition) is 3. The highest BCUT2D eigenvalue weighted by Gasteiger charge is 1.98. The quantitative estimate of drug-likeness (QED) is 0.352. The van der Waals surface area contributed by atoms with Gasteiger partial charge in [-0.05, 0) is 20.5 Å². The SMILES string of the molecule is CCCCCCCCCCCCSC(=S)NCCN(C)C. The molecule has 0 rings (SSSR count). The lowest BCUT2D eigenvalue weighted by molar-refractivity contribution is 0.413. The lowest BCUT2D eigenvalue weighted by atomic mass is 10.1. The molecular weight excluding hydrogens is 296 g/mol. The van der Waals surface area contributed by atoms with E-state index >= 15 is 0 Å². The lowest BCUT2D eigenvalue weighted by Crippen LogP contribution is -2.28. The summed E-state index contributed by atoms with van der Waals surface area (Å²) in [6.07, 6.45) is 14.0. The van der Waals surface area contributed by atoms with E-state index in [9.17, 15) is 0 Å². The fourth-order valence-electron chi connectivity index (χ4n) is 2.19. The van der Waals surface area contributed by atoms with Crippen molar-refractivity contribution >= 4 is 28.3 Å². The molecule has 126 valence electrons. The van der Waals surface area contributed by atoms with Crippen LogP contribution in [0.25, 0.3) is 0 Å². The molecule has 0 saturated carbocycles. The first-order chi connectivity index (χ1) is 10.2. The minimum atomic E-state index is 0.955. The maximum Gasteiger partial charge on any atom is 0.133 e. The van der Waals surface area contributed by atoms with Crippen LogP contribution in [0.3, 0.4) is 0 Å². The van der Waals surface area contributed by atoms with Crippen LogP contribution in [0.2, 0.25) is 0 Å². The van der Waals surface area contributed by atoms with Crippen LogP contribution in [0.1, 0.15) is 71.1 Å². The Hall–Kier alpha value is 0.200. The Balaban J connectivity index is 3.12. The molecule has 0 spiro atoms. The van der Waals surface area contributed by atoms with Crippen LogP contribution in [0.15, 0.2) is 0 Å². The van der Waals surface area contributed by atoms with E-state index in [1.54, 1.807) is 0 Å². The number of hydrogen-bond donors (Lipinski definition) is 1. The van der Waals surface area contributed by atoms with Gasteiger partial charge in [-0.1, -0.05) is 88.7 Å². The van der Waals surface area contributed by atoms with Gasteiger partial charge < -0.3 is 10.2 Å². The zero-order valence-electron chi connectivity index (χ0n) is 14.5. The van der Waals surface area contributed by atoms with Gasteiger partial charge in [-0.25, -0.2) is 0 Å². The molecule has 0 atom stereocenters. The van der Waals surface area contributed by atoms with Gasteiger partial charge in [0.2, 0.25) is 0 Å². The van der Waals surface area contributed by atoms with Crippen molar-refractivity contribution in [2.75, 3.05) is 32.9 Å². The Morgan fingerprint density at radius 2 is 1.43 bits per heavy atom. The summed E-state index contributed by atoms with van der Waals surface area (Å²) in [6, 6.07) is 0. The molecule has 2 nitrogen and oxygen atoms in total. The second-order valence-corrected chi connectivity index (χ2v) is 7.82. The van der Waals surface area contributed by atoms with E-state index in [1.807, 2.05) is 11.8 Å². The minimum Gasteiger partial charge on any atom is -0.370 e. The van der Waals surface area contributed by atoms with Gasteiger partial charge in [-0.2, -0.15) is 0 Å². The van der Waals surface area contributed by atoms with Gasteiger partial charge in [0.25, 0.3) is 0 Å². The molecule has 0 aliphatic heterocycles. The molecule has 0 aromatic rings. The molecule has 0 bridgehead atoms. The topological polar surface area (TPSA) is 15.3 Å². The summed E-state index contributed by atoms with van der Waals surface area (Å²) in [4.78, 5) is 2.17. The summed E-state index contributed by atoms with van der Waals surface area (Å²) in [6.45, 7) is 4.28. The Bertz CT molecular complexity index is 233. The number of rotatable bonds is 14. The van der Waals surface area contributed by atoms with Gasteiger partial charge in [0.05, 0.1) is 0 Å². The zero-order chi connectivity index (χ0) is 15.8. The Morgan fingerprint density at radius 3 is 1.95 bits per heavy atom. The van der Waals surface area contributed by atoms with Gasteiger partial charge in [-0.3, -0.25) is 0 Å². The van der Waals surface area contributed by atoms with Crippen molar-refractivity contribution in [1.82, 2.24) is 10.2 Å². The molecule has 1 N–H and O–H groups in total. The highest BCUT2D eigenvalue weighted by molar-refractivity contribution is 8.22. The number of thioether (sulfide) groups is 1. The Labute approximate surface area is 142 Å². The summed E-state index contributed by atoms with van der Waals surface area (Å²) in [5.74, 6) is 1.17. The molecule has 0 aliphatic carbocycles. The fourth-order valence-corrected chi connectivity index (χ4v) is 3.28. The van der Waals surface area contributed by atoms with Crippen LogP contribution < -0.4 is 5.32 Å². The first-order valence-corrected chi connectivity index (χ1v) is 10.1. The predicted octanol–water partition coefficient (Wildman–Crippen LogP) is 5.08. The number of thiocarbonyl (C=S) groups is 1. The molecular formula is C17H36N2S2. The van der Waals surface area contributed by atoms with E-state index < -0.39 is 0 Å². The molecule has 0 aromatic carbocycles. The van der Waals surface area contributed by atoms with E-state index in [2.05, 4.69) is 31.2 Å². The van der Waals surface area contributed by atoms with Gasteiger partial charge >= 0.3 is 0 Å². The van der Waals surface area contributed by atoms with Crippen LogP contribution in [-0.2, 0) is 0 Å². The summed E-state index contributed by atoms with van der Waals surface area (Å²) in [5, 5.41) is 3.30. The molecule has 0 saturated heterocycles. The predicted molar refractivity (Wildman–Crippen MR) is 103 cm³/mol. The van der Waals surface area contributed by atoms with Crippen LogP contribution in [0.5, 0.6) is 0 Å². The number of likely N-dealkylation sites (N-methyl/N-ethyl adjacent to an activating group) is 1. The third-order valence-corrected chi connectivity index (χ3v) is 4.96. The standard InChI is InChI=1S/C17H36N2S2/c1-4-5-6-7-8-9-10-11-12-13-16-21-17(20)18-14-15-19(2)3/h4-16H2,1-3H3,(H,18,20). The van der Waals surface area contributed by atoms with E-state index in [-0.39, 0.29) is 0 Å². The van der Waals surface area contributed by atoms with Gasteiger partial charge in [-0.15, -0.1) is 0 Å². The average molecular weight is 333 g/mol. The lowest BCUT2D eigenvalue weighted by Gasteiger charge is -2.11. The van der Waals surface area contributed by atoms with Crippen molar-refractivity contribution in [1.29, 1.82) is 0 Å². The monoisotopic (exact) mass is 332 g/mol. The highest BCUT2D eigenvalue weighted by atomic mass is 32.2. The number of unbranched alkanes of at least 4 members (excludes halogenated alkanes) is 9. The molecule has 0 unspecified atom stereocenters. The van der Waals surface area contributed by atoms with Crippen molar-refractivity contribution < 1.29 is 0 Å². The van der Waals surface area contributed by atoms with Gasteiger partial charge in [0.15, 0.2) is 0 Å². The number of nitrogens with zero attached hydrogens (tertiary/aromatic N) is 1. The molecule has 0 fully saturated rings. The van der Waals surface area contributed by atoms with E-state index in [4.69, 9.17) is 12.2 Å². The van der Waals surface area contributed by atoms with Crippen LogP contribution in [-0.4, -0.2) is 42.2 Å². The molecule has 21 heavy (non-hydrogen) atoms. The van der Waals surface area contributed by atoms with Gasteiger partial charge in [0, 0.05) is 18.8 Å². The molecule has 0 radical (unpaired) electrons. The largest absolute Gasteiger partial charge is 0.370 e. The molecule has 0 aliphatic rings. The first-order valence-electron chi connectivity index (χ1n) is 8.72. The van der Waals surface area contributed by atoms with E-state index in [0.717, 1.165) is 17.4 Å². The van der Waals surface area contributed by atoms with E-state index in [1.165, 1.54) is 70.0 Å². The van der Waals surface area contributed by atoms with E-state index in [0.29, 0.717) is 0 Å². The molecule has 0 aromatic heterocycles. The highest BCUT2D eigenvalue weighted by Crippen LogP contribution is 2.12. The van der Waals surface area contributed by atoms with Crippen molar-refractivity contribution in [2.45, 2.75) is 71.1 Å². The van der Waals surface area contributed by atoms with Crippen molar-refractivity contribution in [2.24, 2.45) is 0 Å². The number of nitrogens with one attached hydrogen (secondary N) is 1. The summed E-state index contributed by atoms with van der Waals surface area (Å²) >= 11 is 7.12. The summed E-state index contributed by atoms with van der Waals surface area (Å²) in [5.41, 5.74) is 0. The van der Waals surface area contributed by atoms with Crippen LogP contribution in [0, 0.1) is 0 Å². The van der Waals surface area contributed by atoms with Crippen molar-refractivity contribution in [3.63, 3.8) is 0 Å². The molecule has 0 heterocycles. The maximum absolute atomic E-state index is 5.31. The Kier molecular flexibility index (Phi) is 16.7. The first kappa shape index (κ1) is 21.2. The van der Waals surface area contributed by atoms with Crippen molar-refractivity contribution in [3.05, 3.63) is 0 Å². The normalized spacial score (nSPS) is 11.0. The minimum absolute atomic E-state index is 0.955. The summed E-state index contributed by atoms with van der Waals surface area (Å²) < 4.78 is 0.966. The fraction of sp³-hybridized carbons (Fsp3) is 0.941. The third-order valence-electron chi connectivity index (χ3n) is 3.56. The Morgan fingerprint density at radius 1 is 0.905 bits per heavy atom. The third kappa shape index (κ3) is 18.2. The smallest absolute Gasteiger partial charge is 0.133 e. The molecule has 0 amide bonds. The second kappa shape index (κ2) is 16.6. The molecule has 4 heteroatoms. The van der Waals surface area contributed by atoms with Gasteiger partial charge in [0.1, 0.15) is 4.32 Å². The zero-order valence-corrected chi connectivity index (χ0v) is 16.1.